The highest BCUT2D eigenvalue weighted by atomic mass is 16.5. The normalized spacial score (nSPS) is 12.8. The van der Waals surface area contributed by atoms with Crippen molar-refractivity contribution in [1.82, 2.24) is 10.2 Å². The second-order valence-electron chi connectivity index (χ2n) is 5.27. The molecule has 0 bridgehead atoms. The first-order valence-corrected chi connectivity index (χ1v) is 7.74. The van der Waals surface area contributed by atoms with Crippen LogP contribution in [0.2, 0.25) is 0 Å². The molecule has 0 aliphatic carbocycles. The summed E-state index contributed by atoms with van der Waals surface area (Å²) in [6.45, 7) is 12.2. The van der Waals surface area contributed by atoms with Crippen molar-refractivity contribution in [3.8, 4) is 0 Å². The largest absolute Gasteiger partial charge is 0.380 e. The molecule has 1 aromatic rings. The van der Waals surface area contributed by atoms with Crippen LogP contribution in [0.4, 0.5) is 0 Å². The van der Waals surface area contributed by atoms with E-state index in [-0.39, 0.29) is 0 Å². The van der Waals surface area contributed by atoms with E-state index in [1.54, 1.807) is 0 Å². The molecule has 0 aliphatic rings. The summed E-state index contributed by atoms with van der Waals surface area (Å²) in [5, 5.41) is 3.23. The average molecular weight is 278 g/mol. The van der Waals surface area contributed by atoms with E-state index in [1.165, 1.54) is 11.1 Å². The van der Waals surface area contributed by atoms with Crippen LogP contribution in [0.15, 0.2) is 24.3 Å². The Bertz CT molecular complexity index is 351. The SMILES string of the molecule is CCOCCN(CC)Cc1ccc(C(C)CNC)cc1. The van der Waals surface area contributed by atoms with Crippen molar-refractivity contribution in [2.75, 3.05) is 39.9 Å². The molecule has 0 heterocycles. The van der Waals surface area contributed by atoms with Gasteiger partial charge in [-0.05, 0) is 37.6 Å². The molecule has 0 aromatic heterocycles. The Morgan fingerprint density at radius 3 is 2.45 bits per heavy atom. The predicted octanol–water partition coefficient (Wildman–Crippen LogP) is 2.87. The van der Waals surface area contributed by atoms with Gasteiger partial charge in [-0.3, -0.25) is 4.90 Å². The number of hydrogen-bond acceptors (Lipinski definition) is 3. The van der Waals surface area contributed by atoms with Crippen molar-refractivity contribution >= 4 is 0 Å². The van der Waals surface area contributed by atoms with Crippen molar-refractivity contribution in [2.45, 2.75) is 33.2 Å². The monoisotopic (exact) mass is 278 g/mol. The lowest BCUT2D eigenvalue weighted by Gasteiger charge is -2.20. The van der Waals surface area contributed by atoms with Crippen molar-refractivity contribution in [3.05, 3.63) is 35.4 Å². The standard InChI is InChI=1S/C17H30N2O/c1-5-19(11-12-20-6-2)14-16-7-9-17(10-8-16)15(3)13-18-4/h7-10,15,18H,5-6,11-14H2,1-4H3. The number of nitrogens with one attached hydrogen (secondary N) is 1. The molecule has 0 radical (unpaired) electrons. The minimum absolute atomic E-state index is 0.564. The van der Waals surface area contributed by atoms with E-state index in [0.29, 0.717) is 5.92 Å². The first-order valence-electron chi connectivity index (χ1n) is 7.74. The molecule has 1 unspecified atom stereocenters. The first kappa shape index (κ1) is 17.2. The summed E-state index contributed by atoms with van der Waals surface area (Å²) in [4.78, 5) is 2.42. The third kappa shape index (κ3) is 6.04. The topological polar surface area (TPSA) is 24.5 Å². The van der Waals surface area contributed by atoms with Crippen LogP contribution in [0, 0.1) is 0 Å². The van der Waals surface area contributed by atoms with Gasteiger partial charge in [0.2, 0.25) is 0 Å². The molecule has 1 rings (SSSR count). The Labute approximate surface area is 124 Å². The number of hydrogen-bond donors (Lipinski definition) is 1. The molecule has 0 aliphatic heterocycles. The number of likely N-dealkylation sites (N-methyl/N-ethyl adjacent to an activating group) is 2. The molecular weight excluding hydrogens is 248 g/mol. The number of rotatable bonds is 10. The number of nitrogens with zero attached hydrogens (tertiary/aromatic N) is 1. The van der Waals surface area contributed by atoms with Crippen LogP contribution >= 0.6 is 0 Å². The molecule has 0 fully saturated rings. The zero-order valence-electron chi connectivity index (χ0n) is 13.5. The molecule has 1 N–H and O–H groups in total. The van der Waals surface area contributed by atoms with Crippen molar-refractivity contribution in [1.29, 1.82) is 0 Å². The fourth-order valence-corrected chi connectivity index (χ4v) is 2.32. The van der Waals surface area contributed by atoms with Crippen LogP contribution in [0.25, 0.3) is 0 Å². The van der Waals surface area contributed by atoms with Gasteiger partial charge in [0, 0.05) is 26.2 Å². The van der Waals surface area contributed by atoms with Gasteiger partial charge in [-0.1, -0.05) is 38.1 Å². The maximum Gasteiger partial charge on any atom is 0.0593 e. The fourth-order valence-electron chi connectivity index (χ4n) is 2.32. The number of ether oxygens (including phenoxy) is 1. The van der Waals surface area contributed by atoms with Crippen molar-refractivity contribution < 1.29 is 4.74 Å². The summed E-state index contributed by atoms with van der Waals surface area (Å²) in [5.74, 6) is 0.564. The minimum Gasteiger partial charge on any atom is -0.380 e. The van der Waals surface area contributed by atoms with E-state index in [2.05, 4.69) is 48.3 Å². The Balaban J connectivity index is 2.50. The predicted molar refractivity (Wildman–Crippen MR) is 86.2 cm³/mol. The van der Waals surface area contributed by atoms with E-state index in [9.17, 15) is 0 Å². The van der Waals surface area contributed by atoms with Gasteiger partial charge >= 0.3 is 0 Å². The van der Waals surface area contributed by atoms with Gasteiger partial charge in [-0.2, -0.15) is 0 Å². The smallest absolute Gasteiger partial charge is 0.0593 e. The van der Waals surface area contributed by atoms with Crippen LogP contribution in [0.1, 0.15) is 37.8 Å². The fraction of sp³-hybridized carbons (Fsp3) is 0.647. The molecular formula is C17H30N2O. The van der Waals surface area contributed by atoms with Gasteiger partial charge < -0.3 is 10.1 Å². The van der Waals surface area contributed by atoms with Gasteiger partial charge in [-0.15, -0.1) is 0 Å². The highest BCUT2D eigenvalue weighted by molar-refractivity contribution is 5.25. The first-order chi connectivity index (χ1) is 9.71. The van der Waals surface area contributed by atoms with Crippen LogP contribution in [0.3, 0.4) is 0 Å². The lowest BCUT2D eigenvalue weighted by Crippen LogP contribution is -2.27. The van der Waals surface area contributed by atoms with Crippen LogP contribution in [-0.4, -0.2) is 44.8 Å². The second-order valence-corrected chi connectivity index (χ2v) is 5.27. The highest BCUT2D eigenvalue weighted by Gasteiger charge is 2.06. The highest BCUT2D eigenvalue weighted by Crippen LogP contribution is 2.15. The van der Waals surface area contributed by atoms with Gasteiger partial charge in [0.05, 0.1) is 6.61 Å². The molecule has 1 atom stereocenters. The molecule has 0 saturated carbocycles. The average Bonchev–Trinajstić information content (AvgIpc) is 2.47. The summed E-state index contributed by atoms with van der Waals surface area (Å²) in [5.41, 5.74) is 2.78. The van der Waals surface area contributed by atoms with Gasteiger partial charge in [0.1, 0.15) is 0 Å². The van der Waals surface area contributed by atoms with E-state index in [4.69, 9.17) is 4.74 Å². The van der Waals surface area contributed by atoms with Crippen LogP contribution in [-0.2, 0) is 11.3 Å². The van der Waals surface area contributed by atoms with E-state index >= 15 is 0 Å². The zero-order valence-corrected chi connectivity index (χ0v) is 13.5. The lowest BCUT2D eigenvalue weighted by molar-refractivity contribution is 0.113. The van der Waals surface area contributed by atoms with Gasteiger partial charge in [0.25, 0.3) is 0 Å². The van der Waals surface area contributed by atoms with E-state index < -0.39 is 0 Å². The zero-order chi connectivity index (χ0) is 14.8. The molecule has 0 saturated heterocycles. The van der Waals surface area contributed by atoms with E-state index in [0.717, 1.165) is 39.4 Å². The Morgan fingerprint density at radius 1 is 1.20 bits per heavy atom. The molecule has 0 spiro atoms. The Hall–Kier alpha value is -0.900. The summed E-state index contributed by atoms with van der Waals surface area (Å²) >= 11 is 0. The van der Waals surface area contributed by atoms with Gasteiger partial charge in [0.15, 0.2) is 0 Å². The summed E-state index contributed by atoms with van der Waals surface area (Å²) in [6.07, 6.45) is 0. The molecule has 3 nitrogen and oxygen atoms in total. The van der Waals surface area contributed by atoms with E-state index in [1.807, 2.05) is 14.0 Å². The minimum atomic E-state index is 0.564. The Morgan fingerprint density at radius 2 is 1.90 bits per heavy atom. The molecule has 1 aromatic carbocycles. The molecule has 114 valence electrons. The maximum absolute atomic E-state index is 5.43. The van der Waals surface area contributed by atoms with Crippen LogP contribution in [0.5, 0.6) is 0 Å². The second kappa shape index (κ2) is 9.92. The molecule has 20 heavy (non-hydrogen) atoms. The summed E-state index contributed by atoms with van der Waals surface area (Å²) in [6, 6.07) is 9.02. The van der Waals surface area contributed by atoms with Crippen molar-refractivity contribution in [2.24, 2.45) is 0 Å². The number of benzene rings is 1. The maximum atomic E-state index is 5.43. The lowest BCUT2D eigenvalue weighted by atomic mass is 10.00. The summed E-state index contributed by atoms with van der Waals surface area (Å²) in [7, 11) is 2.00. The Kier molecular flexibility index (Phi) is 8.51. The van der Waals surface area contributed by atoms with Crippen LogP contribution < -0.4 is 5.32 Å². The molecule has 0 amide bonds. The molecule has 3 heteroatoms. The summed E-state index contributed by atoms with van der Waals surface area (Å²) < 4.78 is 5.43. The van der Waals surface area contributed by atoms with Gasteiger partial charge in [-0.25, -0.2) is 0 Å². The third-order valence-electron chi connectivity index (χ3n) is 3.67. The quantitative estimate of drug-likeness (QED) is 0.666. The van der Waals surface area contributed by atoms with Crippen molar-refractivity contribution in [3.63, 3.8) is 0 Å². The third-order valence-corrected chi connectivity index (χ3v) is 3.67.